The zero-order valence-corrected chi connectivity index (χ0v) is 12.5. The minimum absolute atomic E-state index is 0.0639. The first-order valence-electron chi connectivity index (χ1n) is 6.43. The molecule has 0 bridgehead atoms. The summed E-state index contributed by atoms with van der Waals surface area (Å²) in [6.45, 7) is 2.24. The zero-order chi connectivity index (χ0) is 14.9. The van der Waals surface area contributed by atoms with Gasteiger partial charge in [0.1, 0.15) is 0 Å². The fourth-order valence-corrected chi connectivity index (χ4v) is 3.36. The van der Waals surface area contributed by atoms with Crippen molar-refractivity contribution in [3.05, 3.63) is 33.8 Å². The molecular formula is C14H15Cl2NO3. The summed E-state index contributed by atoms with van der Waals surface area (Å²) in [6, 6.07) is 4.41. The van der Waals surface area contributed by atoms with Crippen molar-refractivity contribution in [2.24, 2.45) is 5.92 Å². The molecule has 1 aliphatic rings. The minimum atomic E-state index is -0.933. The van der Waals surface area contributed by atoms with E-state index in [2.05, 4.69) is 0 Å². The lowest BCUT2D eigenvalue weighted by atomic mass is 9.84. The fraction of sp³-hybridized carbons (Fsp3) is 0.429. The third kappa shape index (κ3) is 2.63. The molecule has 1 amide bonds. The average Bonchev–Trinajstić information content (AvgIpc) is 2.38. The first-order valence-corrected chi connectivity index (χ1v) is 7.19. The maximum Gasteiger partial charge on any atom is 0.308 e. The zero-order valence-electron chi connectivity index (χ0n) is 11.0. The molecule has 1 aromatic carbocycles. The Morgan fingerprint density at radius 1 is 1.40 bits per heavy atom. The van der Waals surface area contributed by atoms with E-state index in [-0.39, 0.29) is 12.3 Å². The number of benzene rings is 1. The molecule has 2 rings (SSSR count). The summed E-state index contributed by atoms with van der Waals surface area (Å²) in [5.41, 5.74) is 0.526. The standard InChI is InChI=1S/C14H15Cl2NO3/c1-2-17-11(18)7-6-8(14(19)20)13(17)12-9(15)4-3-5-10(12)16/h3-5,8,13H,2,6-7H2,1H3,(H,19,20). The molecule has 1 aromatic rings. The number of aliphatic carboxylic acids is 1. The molecule has 4 nitrogen and oxygen atoms in total. The SMILES string of the molecule is CCN1C(=O)CCC(C(=O)O)C1c1c(Cl)cccc1Cl. The van der Waals surface area contributed by atoms with Crippen LogP contribution in [0, 0.1) is 5.92 Å². The van der Waals surface area contributed by atoms with E-state index in [0.717, 1.165) is 0 Å². The number of likely N-dealkylation sites (tertiary alicyclic amines) is 1. The Hall–Kier alpha value is -1.26. The summed E-state index contributed by atoms with van der Waals surface area (Å²) < 4.78 is 0. The maximum atomic E-state index is 12.0. The van der Waals surface area contributed by atoms with E-state index in [1.54, 1.807) is 23.1 Å². The van der Waals surface area contributed by atoms with Crippen LogP contribution in [-0.4, -0.2) is 28.4 Å². The second-order valence-corrected chi connectivity index (χ2v) is 5.56. The largest absolute Gasteiger partial charge is 0.481 e. The first-order chi connectivity index (χ1) is 9.47. The molecule has 2 atom stereocenters. The number of nitrogens with zero attached hydrogens (tertiary/aromatic N) is 1. The van der Waals surface area contributed by atoms with Crippen molar-refractivity contribution < 1.29 is 14.7 Å². The van der Waals surface area contributed by atoms with Crippen molar-refractivity contribution >= 4 is 35.1 Å². The maximum absolute atomic E-state index is 12.0. The second-order valence-electron chi connectivity index (χ2n) is 4.74. The number of piperidine rings is 1. The highest BCUT2D eigenvalue weighted by atomic mass is 35.5. The van der Waals surface area contributed by atoms with Gasteiger partial charge in [0.2, 0.25) is 5.91 Å². The number of hydrogen-bond donors (Lipinski definition) is 1. The van der Waals surface area contributed by atoms with Gasteiger partial charge in [0, 0.05) is 28.6 Å². The van der Waals surface area contributed by atoms with Crippen molar-refractivity contribution in [3.63, 3.8) is 0 Å². The van der Waals surface area contributed by atoms with Gasteiger partial charge in [-0.15, -0.1) is 0 Å². The van der Waals surface area contributed by atoms with E-state index in [1.807, 2.05) is 6.92 Å². The number of rotatable bonds is 3. The molecule has 0 spiro atoms. The highest BCUT2D eigenvalue weighted by molar-refractivity contribution is 6.36. The van der Waals surface area contributed by atoms with Gasteiger partial charge in [0.25, 0.3) is 0 Å². The summed E-state index contributed by atoms with van der Waals surface area (Å²) in [6.07, 6.45) is 0.542. The van der Waals surface area contributed by atoms with Crippen LogP contribution in [0.1, 0.15) is 31.4 Å². The molecule has 0 aliphatic carbocycles. The van der Waals surface area contributed by atoms with E-state index >= 15 is 0 Å². The Labute approximate surface area is 127 Å². The van der Waals surface area contributed by atoms with Crippen molar-refractivity contribution in [1.29, 1.82) is 0 Å². The van der Waals surface area contributed by atoms with Gasteiger partial charge in [-0.2, -0.15) is 0 Å². The average molecular weight is 316 g/mol. The van der Waals surface area contributed by atoms with E-state index < -0.39 is 17.9 Å². The van der Waals surface area contributed by atoms with Crippen LogP contribution in [0.15, 0.2) is 18.2 Å². The summed E-state index contributed by atoms with van der Waals surface area (Å²) in [5, 5.41) is 10.2. The number of carboxylic acids is 1. The summed E-state index contributed by atoms with van der Waals surface area (Å²) in [5.74, 6) is -1.69. The lowest BCUT2D eigenvalue weighted by molar-refractivity contribution is -0.151. The lowest BCUT2D eigenvalue weighted by Crippen LogP contribution is -2.45. The van der Waals surface area contributed by atoms with Gasteiger partial charge in [-0.1, -0.05) is 29.3 Å². The van der Waals surface area contributed by atoms with Crippen LogP contribution in [-0.2, 0) is 9.59 Å². The van der Waals surface area contributed by atoms with Gasteiger partial charge >= 0.3 is 5.97 Å². The van der Waals surface area contributed by atoms with Crippen LogP contribution in [0.3, 0.4) is 0 Å². The molecule has 2 unspecified atom stereocenters. The van der Waals surface area contributed by atoms with E-state index in [4.69, 9.17) is 23.2 Å². The molecule has 0 saturated carbocycles. The predicted molar refractivity (Wildman–Crippen MR) is 76.9 cm³/mol. The smallest absolute Gasteiger partial charge is 0.308 e. The highest BCUT2D eigenvalue weighted by Crippen LogP contribution is 2.42. The van der Waals surface area contributed by atoms with Crippen molar-refractivity contribution in [3.8, 4) is 0 Å². The Balaban J connectivity index is 2.56. The van der Waals surface area contributed by atoms with Gasteiger partial charge in [0.05, 0.1) is 12.0 Å². The van der Waals surface area contributed by atoms with E-state index in [0.29, 0.717) is 28.6 Å². The summed E-state index contributed by atoms with van der Waals surface area (Å²) >= 11 is 12.4. The topological polar surface area (TPSA) is 57.6 Å². The van der Waals surface area contributed by atoms with Gasteiger partial charge < -0.3 is 10.0 Å². The Morgan fingerprint density at radius 2 is 2.00 bits per heavy atom. The number of carboxylic acid groups (broad SMARTS) is 1. The number of carbonyl (C=O) groups excluding carboxylic acids is 1. The van der Waals surface area contributed by atoms with Crippen LogP contribution >= 0.6 is 23.2 Å². The van der Waals surface area contributed by atoms with Gasteiger partial charge in [-0.25, -0.2) is 0 Å². The quantitative estimate of drug-likeness (QED) is 0.930. The van der Waals surface area contributed by atoms with Crippen molar-refractivity contribution in [2.75, 3.05) is 6.54 Å². The van der Waals surface area contributed by atoms with E-state index in [9.17, 15) is 14.7 Å². The third-order valence-electron chi connectivity index (χ3n) is 3.66. The molecule has 1 heterocycles. The Kier molecular flexibility index (Phi) is 4.55. The molecule has 1 fully saturated rings. The second kappa shape index (κ2) is 6.02. The monoisotopic (exact) mass is 315 g/mol. The number of halogens is 2. The normalized spacial score (nSPS) is 22.9. The molecule has 0 radical (unpaired) electrons. The number of carbonyl (C=O) groups is 2. The molecule has 1 N–H and O–H groups in total. The van der Waals surface area contributed by atoms with Gasteiger partial charge in [-0.3, -0.25) is 9.59 Å². The Bertz CT molecular complexity index is 525. The van der Waals surface area contributed by atoms with Crippen LogP contribution in [0.4, 0.5) is 0 Å². The molecular weight excluding hydrogens is 301 g/mol. The van der Waals surface area contributed by atoms with Crippen LogP contribution in [0.5, 0.6) is 0 Å². The predicted octanol–water partition coefficient (Wildman–Crippen LogP) is 3.38. The molecule has 0 aromatic heterocycles. The fourth-order valence-electron chi connectivity index (χ4n) is 2.73. The van der Waals surface area contributed by atoms with Crippen LogP contribution in [0.2, 0.25) is 10.0 Å². The van der Waals surface area contributed by atoms with Crippen molar-refractivity contribution in [1.82, 2.24) is 4.90 Å². The number of hydrogen-bond acceptors (Lipinski definition) is 2. The van der Waals surface area contributed by atoms with Crippen molar-refractivity contribution in [2.45, 2.75) is 25.8 Å². The minimum Gasteiger partial charge on any atom is -0.481 e. The van der Waals surface area contributed by atoms with Crippen LogP contribution in [0.25, 0.3) is 0 Å². The molecule has 1 saturated heterocycles. The molecule has 1 aliphatic heterocycles. The summed E-state index contributed by atoms with van der Waals surface area (Å²) in [4.78, 5) is 25.1. The first kappa shape index (κ1) is 15.1. The summed E-state index contributed by atoms with van der Waals surface area (Å²) in [7, 11) is 0. The van der Waals surface area contributed by atoms with Crippen LogP contribution < -0.4 is 0 Å². The lowest BCUT2D eigenvalue weighted by Gasteiger charge is -2.39. The van der Waals surface area contributed by atoms with Gasteiger partial charge in [-0.05, 0) is 25.5 Å². The molecule has 108 valence electrons. The van der Waals surface area contributed by atoms with E-state index in [1.165, 1.54) is 0 Å². The number of amides is 1. The Morgan fingerprint density at radius 3 is 2.50 bits per heavy atom. The highest BCUT2D eigenvalue weighted by Gasteiger charge is 2.41. The third-order valence-corrected chi connectivity index (χ3v) is 4.32. The van der Waals surface area contributed by atoms with Gasteiger partial charge in [0.15, 0.2) is 0 Å². The molecule has 20 heavy (non-hydrogen) atoms. The molecule has 6 heteroatoms.